The number of rotatable bonds is 12. The smallest absolute Gasteiger partial charge is 0.427 e. The van der Waals surface area contributed by atoms with Crippen molar-refractivity contribution < 1.29 is 24.4 Å². The van der Waals surface area contributed by atoms with Crippen LogP contribution in [-0.4, -0.2) is 94.7 Å². The molecule has 0 aromatic carbocycles. The van der Waals surface area contributed by atoms with Crippen molar-refractivity contribution in [2.45, 2.75) is 158 Å². The van der Waals surface area contributed by atoms with Gasteiger partial charge in [-0.15, -0.1) is 11.6 Å². The van der Waals surface area contributed by atoms with Crippen LogP contribution in [0.1, 0.15) is 110 Å². The molecule has 8 atom stereocenters. The fourth-order valence-corrected chi connectivity index (χ4v) is 8.88. The van der Waals surface area contributed by atoms with Gasteiger partial charge >= 0.3 is 7.12 Å². The first-order valence-electron chi connectivity index (χ1n) is 17.8. The second-order valence-corrected chi connectivity index (χ2v) is 14.7. The third-order valence-corrected chi connectivity index (χ3v) is 11.3. The van der Waals surface area contributed by atoms with Crippen molar-refractivity contribution in [2.24, 2.45) is 16.8 Å². The molecular formula is C32H56BClN6O5. The molecule has 4 fully saturated rings. The Labute approximate surface area is 274 Å². The molecule has 45 heavy (non-hydrogen) atoms. The highest BCUT2D eigenvalue weighted by molar-refractivity contribution is 6.43. The molecule has 5 aliphatic rings. The molecule has 7 unspecified atom stereocenters. The number of amides is 2. The predicted molar refractivity (Wildman–Crippen MR) is 177 cm³/mol. The number of alkyl halides is 1. The minimum absolute atomic E-state index is 0.0309. The Morgan fingerprint density at radius 2 is 1.84 bits per heavy atom. The molecule has 0 radical (unpaired) electrons. The van der Waals surface area contributed by atoms with Gasteiger partial charge in [-0.25, -0.2) is 10.9 Å². The van der Waals surface area contributed by atoms with Gasteiger partial charge in [0.15, 0.2) is 0 Å². The number of carbonyl (C=O) groups is 2. The summed E-state index contributed by atoms with van der Waals surface area (Å²) in [5, 5.41) is 25.3. The lowest BCUT2D eigenvalue weighted by atomic mass is 9.64. The summed E-state index contributed by atoms with van der Waals surface area (Å²) in [6, 6.07) is 0.194. The van der Waals surface area contributed by atoms with Crippen LogP contribution in [0.15, 0.2) is 4.99 Å². The Morgan fingerprint density at radius 3 is 2.60 bits per heavy atom. The molecule has 13 heteroatoms. The number of nitrogens with zero attached hydrogens (tertiary/aromatic N) is 2. The molecule has 5 rings (SSSR count). The first-order chi connectivity index (χ1) is 21.7. The van der Waals surface area contributed by atoms with Crippen LogP contribution < -0.4 is 21.5 Å². The Kier molecular flexibility index (Phi) is 13.0. The largest absolute Gasteiger partial charge is 0.454 e. The molecule has 1 saturated heterocycles. The minimum Gasteiger partial charge on any atom is -0.427 e. The first kappa shape index (κ1) is 35.0. The number of fused-ring (bicyclic) bond motifs is 3. The summed E-state index contributed by atoms with van der Waals surface area (Å²) in [4.78, 5) is 33.4. The lowest BCUT2D eigenvalue weighted by Crippen LogP contribution is -2.55. The highest BCUT2D eigenvalue weighted by Crippen LogP contribution is 2.42. The van der Waals surface area contributed by atoms with Crippen molar-refractivity contribution in [2.75, 3.05) is 13.2 Å². The first-order valence-corrected chi connectivity index (χ1v) is 18.2. The van der Waals surface area contributed by atoms with E-state index in [1.165, 1.54) is 5.71 Å². The van der Waals surface area contributed by atoms with Crippen LogP contribution >= 0.6 is 11.6 Å². The van der Waals surface area contributed by atoms with E-state index in [0.717, 1.165) is 77.0 Å². The standard InChI is InChI=1S/C32H56BClN6O5/c1-3-35-30(42)19-27-32-39-38-20(2)40(32)28-15-14-25(18-26(28)31(37-27)21-10-12-23(34)13-11-21)45-16-5-4-9-29(41)36-24-8-6-7-22(17-24)33(43)44/h20-28,32,38-39,43-44H,3-19H2,1-2H3,(H,35,42)(H,36,41)/t20?,21?,22?,23?,24?,25?,26?,27-,28?,32?/m0/s1. The van der Waals surface area contributed by atoms with E-state index in [1.54, 1.807) is 0 Å². The van der Waals surface area contributed by atoms with Gasteiger partial charge in [0.2, 0.25) is 11.8 Å². The second-order valence-electron chi connectivity index (χ2n) is 14.1. The third-order valence-electron chi connectivity index (χ3n) is 10.9. The van der Waals surface area contributed by atoms with Gasteiger partial charge in [-0.2, -0.15) is 0 Å². The molecule has 2 aliphatic heterocycles. The number of hydrogen-bond acceptors (Lipinski definition) is 9. The summed E-state index contributed by atoms with van der Waals surface area (Å²) in [5.41, 5.74) is 8.20. The fraction of sp³-hybridized carbons (Fsp3) is 0.906. The van der Waals surface area contributed by atoms with Crippen LogP contribution in [0.5, 0.6) is 0 Å². The Bertz CT molecular complexity index is 1020. The summed E-state index contributed by atoms with van der Waals surface area (Å²) in [7, 11) is -1.31. The average molecular weight is 651 g/mol. The van der Waals surface area contributed by atoms with Crippen molar-refractivity contribution in [3.63, 3.8) is 0 Å². The fourth-order valence-electron chi connectivity index (χ4n) is 8.62. The molecule has 2 amide bonds. The van der Waals surface area contributed by atoms with Gasteiger partial charge in [0.25, 0.3) is 0 Å². The van der Waals surface area contributed by atoms with Gasteiger partial charge in [-0.3, -0.25) is 19.5 Å². The SMILES string of the molecule is CCNC(=O)C[C@@H]1N=C(C2CCC(Cl)CC2)C2CC(OCCCCC(=O)NC3CCCC(B(O)O)C3)CCC2N2C(C)NNC12. The molecule has 254 valence electrons. The van der Waals surface area contributed by atoms with Crippen LogP contribution in [0, 0.1) is 11.8 Å². The van der Waals surface area contributed by atoms with E-state index in [9.17, 15) is 19.6 Å². The predicted octanol–water partition coefficient (Wildman–Crippen LogP) is 2.84. The van der Waals surface area contributed by atoms with E-state index < -0.39 is 7.12 Å². The van der Waals surface area contributed by atoms with Crippen LogP contribution in [0.25, 0.3) is 0 Å². The lowest BCUT2D eigenvalue weighted by molar-refractivity contribution is -0.122. The average Bonchev–Trinajstić information content (AvgIpc) is 3.34. The van der Waals surface area contributed by atoms with Gasteiger partial charge in [-0.1, -0.05) is 12.8 Å². The van der Waals surface area contributed by atoms with Crippen LogP contribution in [0.2, 0.25) is 5.82 Å². The van der Waals surface area contributed by atoms with Crippen molar-refractivity contribution in [3.8, 4) is 0 Å². The molecule has 0 aromatic rings. The van der Waals surface area contributed by atoms with Crippen LogP contribution in [0.3, 0.4) is 0 Å². The lowest BCUT2D eigenvalue weighted by Gasteiger charge is -2.44. The van der Waals surface area contributed by atoms with Crippen molar-refractivity contribution in [1.82, 2.24) is 26.4 Å². The van der Waals surface area contributed by atoms with Gasteiger partial charge < -0.3 is 25.4 Å². The number of carbonyl (C=O) groups excluding carboxylic acids is 2. The highest BCUT2D eigenvalue weighted by atomic mass is 35.5. The normalized spacial score (nSPS) is 37.1. The quantitative estimate of drug-likeness (QED) is 0.107. The maximum absolute atomic E-state index is 12.8. The van der Waals surface area contributed by atoms with Gasteiger partial charge in [0.1, 0.15) is 0 Å². The van der Waals surface area contributed by atoms with Crippen molar-refractivity contribution in [3.05, 3.63) is 0 Å². The molecular weight excluding hydrogens is 595 g/mol. The monoisotopic (exact) mass is 650 g/mol. The van der Waals surface area contributed by atoms with Crippen molar-refractivity contribution in [1.29, 1.82) is 0 Å². The molecule has 0 spiro atoms. The number of nitrogens with one attached hydrogen (secondary N) is 4. The summed E-state index contributed by atoms with van der Waals surface area (Å²) < 4.78 is 6.48. The van der Waals surface area contributed by atoms with E-state index in [0.29, 0.717) is 44.4 Å². The van der Waals surface area contributed by atoms with Gasteiger partial charge in [0.05, 0.1) is 30.9 Å². The maximum atomic E-state index is 12.8. The van der Waals surface area contributed by atoms with E-state index in [4.69, 9.17) is 21.3 Å². The summed E-state index contributed by atoms with van der Waals surface area (Å²) >= 11 is 6.53. The number of aliphatic imine (C=N–C) groups is 1. The molecule has 3 saturated carbocycles. The zero-order chi connectivity index (χ0) is 31.9. The molecule has 11 nitrogen and oxygen atoms in total. The summed E-state index contributed by atoms with van der Waals surface area (Å²) in [6.45, 7) is 5.39. The van der Waals surface area contributed by atoms with Gasteiger partial charge in [-0.05, 0) is 96.2 Å². The molecule has 0 bridgehead atoms. The van der Waals surface area contributed by atoms with Crippen LogP contribution in [-0.2, 0) is 14.3 Å². The Morgan fingerprint density at radius 1 is 1.04 bits per heavy atom. The minimum atomic E-state index is -1.31. The van der Waals surface area contributed by atoms with Gasteiger partial charge in [0, 0.05) is 48.7 Å². The molecule has 2 heterocycles. The molecule has 6 N–H and O–H groups in total. The third kappa shape index (κ3) is 9.21. The molecule has 0 aromatic heterocycles. The topological polar surface area (TPSA) is 148 Å². The zero-order valence-electron chi connectivity index (χ0n) is 27.3. The maximum Gasteiger partial charge on any atom is 0.454 e. The Hall–Kier alpha value is -1.28. The second kappa shape index (κ2) is 16.7. The van der Waals surface area contributed by atoms with Crippen LogP contribution in [0.4, 0.5) is 0 Å². The van der Waals surface area contributed by atoms with E-state index in [-0.39, 0.29) is 59.4 Å². The number of unbranched alkanes of at least 4 members (excludes halogenated alkanes) is 1. The zero-order valence-corrected chi connectivity index (χ0v) is 28.0. The number of hydrazine groups is 1. The highest BCUT2D eigenvalue weighted by Gasteiger charge is 2.50. The number of hydrogen-bond donors (Lipinski definition) is 6. The number of ether oxygens (including phenoxy) is 1. The van der Waals surface area contributed by atoms with E-state index in [1.807, 2.05) is 6.92 Å². The summed E-state index contributed by atoms with van der Waals surface area (Å²) in [5.74, 6) is 0.598. The Balaban J connectivity index is 1.18. The molecule has 3 aliphatic carbocycles. The van der Waals surface area contributed by atoms with Crippen molar-refractivity contribution >= 4 is 36.2 Å². The van der Waals surface area contributed by atoms with E-state index >= 15 is 0 Å². The van der Waals surface area contributed by atoms with E-state index in [2.05, 4.69) is 33.3 Å². The summed E-state index contributed by atoms with van der Waals surface area (Å²) in [6.07, 6.45) is 12.9. The number of halogens is 1.